The Morgan fingerprint density at radius 2 is 2.28 bits per heavy atom. The van der Waals surface area contributed by atoms with E-state index >= 15 is 0 Å². The second kappa shape index (κ2) is 4.92. The number of nitrogens with zero attached hydrogens (tertiary/aromatic N) is 1. The molecule has 0 fully saturated rings. The minimum Gasteiger partial charge on any atom is -0.451 e. The number of nitriles is 1. The lowest BCUT2D eigenvalue weighted by Gasteiger charge is -2.03. The second-order valence-electron chi connectivity index (χ2n) is 4.39. The number of rotatable bonds is 3. The van der Waals surface area contributed by atoms with Crippen molar-refractivity contribution in [3.8, 4) is 6.07 Å². The maximum atomic E-state index is 11.8. The fourth-order valence-corrected chi connectivity index (χ4v) is 1.65. The van der Waals surface area contributed by atoms with Gasteiger partial charge in [0.25, 0.3) is 5.91 Å². The van der Waals surface area contributed by atoms with E-state index in [1.165, 1.54) is 0 Å². The van der Waals surface area contributed by atoms with Crippen molar-refractivity contribution in [1.82, 2.24) is 5.32 Å². The summed E-state index contributed by atoms with van der Waals surface area (Å²) in [5, 5.41) is 12.2. The van der Waals surface area contributed by atoms with Gasteiger partial charge in [0.05, 0.1) is 12.0 Å². The van der Waals surface area contributed by atoms with E-state index in [-0.39, 0.29) is 17.6 Å². The van der Waals surface area contributed by atoms with Crippen LogP contribution < -0.4 is 5.32 Å². The molecule has 0 radical (unpaired) electrons. The molecule has 0 aliphatic rings. The highest BCUT2D eigenvalue weighted by molar-refractivity contribution is 5.96. The van der Waals surface area contributed by atoms with E-state index in [0.29, 0.717) is 12.1 Å². The Morgan fingerprint density at radius 3 is 3.00 bits per heavy atom. The summed E-state index contributed by atoms with van der Waals surface area (Å²) in [6.07, 6.45) is 0. The molecule has 2 rings (SSSR count). The van der Waals surface area contributed by atoms with Crippen LogP contribution in [-0.2, 0) is 0 Å². The number of hydrogen-bond donors (Lipinski definition) is 1. The maximum absolute atomic E-state index is 11.8. The van der Waals surface area contributed by atoms with Crippen molar-refractivity contribution in [2.24, 2.45) is 5.92 Å². The average Bonchev–Trinajstić information content (AvgIpc) is 2.78. The summed E-state index contributed by atoms with van der Waals surface area (Å²) >= 11 is 0. The number of fused-ring (bicyclic) bond motifs is 1. The van der Waals surface area contributed by atoms with Crippen molar-refractivity contribution in [3.63, 3.8) is 0 Å². The van der Waals surface area contributed by atoms with Gasteiger partial charge in [0.1, 0.15) is 5.58 Å². The van der Waals surface area contributed by atoms with Gasteiger partial charge >= 0.3 is 0 Å². The van der Waals surface area contributed by atoms with Gasteiger partial charge in [-0.2, -0.15) is 5.26 Å². The van der Waals surface area contributed by atoms with Crippen LogP contribution in [0, 0.1) is 24.2 Å². The third-order valence-corrected chi connectivity index (χ3v) is 2.68. The Morgan fingerprint density at radius 1 is 1.50 bits per heavy atom. The fraction of sp³-hybridized carbons (Fsp3) is 0.286. The van der Waals surface area contributed by atoms with E-state index < -0.39 is 0 Å². The first-order valence-corrected chi connectivity index (χ1v) is 5.78. The number of aryl methyl sites for hydroxylation is 1. The van der Waals surface area contributed by atoms with Crippen LogP contribution >= 0.6 is 0 Å². The van der Waals surface area contributed by atoms with Crippen molar-refractivity contribution in [2.75, 3.05) is 6.54 Å². The monoisotopic (exact) mass is 242 g/mol. The highest BCUT2D eigenvalue weighted by Gasteiger charge is 2.12. The smallest absolute Gasteiger partial charge is 0.287 e. The molecule has 1 N–H and O–H groups in total. The normalized spacial score (nSPS) is 12.1. The van der Waals surface area contributed by atoms with Gasteiger partial charge in [0.15, 0.2) is 5.76 Å². The minimum absolute atomic E-state index is 0.208. The van der Waals surface area contributed by atoms with Crippen molar-refractivity contribution < 1.29 is 9.21 Å². The summed E-state index contributed by atoms with van der Waals surface area (Å²) in [4.78, 5) is 11.8. The number of hydrogen-bond acceptors (Lipinski definition) is 3. The molecule has 4 heteroatoms. The molecular weight excluding hydrogens is 228 g/mol. The zero-order chi connectivity index (χ0) is 13.1. The quantitative estimate of drug-likeness (QED) is 0.899. The van der Waals surface area contributed by atoms with E-state index in [0.717, 1.165) is 10.9 Å². The van der Waals surface area contributed by atoms with Crippen LogP contribution in [0.3, 0.4) is 0 Å². The fourth-order valence-electron chi connectivity index (χ4n) is 1.65. The highest BCUT2D eigenvalue weighted by Crippen LogP contribution is 2.20. The summed E-state index contributed by atoms with van der Waals surface area (Å²) in [7, 11) is 0. The Hall–Kier alpha value is -2.28. The predicted molar refractivity (Wildman–Crippen MR) is 68.1 cm³/mol. The van der Waals surface area contributed by atoms with Gasteiger partial charge in [-0.25, -0.2) is 0 Å². The summed E-state index contributed by atoms with van der Waals surface area (Å²) in [6, 6.07) is 9.53. The Labute approximate surface area is 105 Å². The summed E-state index contributed by atoms with van der Waals surface area (Å²) in [5.41, 5.74) is 1.81. The molecule has 1 unspecified atom stereocenters. The Bertz CT molecular complexity index is 622. The number of benzene rings is 1. The Kier molecular flexibility index (Phi) is 3.33. The largest absolute Gasteiger partial charge is 0.451 e. The zero-order valence-electron chi connectivity index (χ0n) is 10.4. The lowest BCUT2D eigenvalue weighted by molar-refractivity contribution is 0.0925. The molecule has 1 aromatic carbocycles. The lowest BCUT2D eigenvalue weighted by atomic mass is 10.2. The zero-order valence-corrected chi connectivity index (χ0v) is 10.4. The molecule has 1 heterocycles. The summed E-state index contributed by atoms with van der Waals surface area (Å²) in [6.45, 7) is 4.06. The number of furan rings is 1. The molecule has 0 saturated carbocycles. The van der Waals surface area contributed by atoms with Gasteiger partial charge in [-0.05, 0) is 32.0 Å². The van der Waals surface area contributed by atoms with E-state index in [1.54, 1.807) is 13.0 Å². The molecule has 0 saturated heterocycles. The van der Waals surface area contributed by atoms with Crippen LogP contribution in [-0.4, -0.2) is 12.5 Å². The topological polar surface area (TPSA) is 66.0 Å². The summed E-state index contributed by atoms with van der Waals surface area (Å²) in [5.74, 6) is -0.215. The molecular formula is C14H14N2O2. The minimum atomic E-state index is -0.286. The number of nitrogens with one attached hydrogen (secondary N) is 1. The van der Waals surface area contributed by atoms with Crippen molar-refractivity contribution in [3.05, 3.63) is 35.6 Å². The van der Waals surface area contributed by atoms with Crippen LogP contribution in [0.1, 0.15) is 23.0 Å². The number of carbonyl (C=O) groups excluding carboxylic acids is 1. The molecule has 1 amide bonds. The first-order chi connectivity index (χ1) is 8.60. The standard InChI is InChI=1S/C14H14N2O2/c1-9-3-4-12-11(5-9)6-13(18-12)14(17)16-8-10(2)7-15/h3-6,10H,8H2,1-2H3,(H,16,17). The molecule has 0 bridgehead atoms. The maximum Gasteiger partial charge on any atom is 0.287 e. The molecule has 18 heavy (non-hydrogen) atoms. The second-order valence-corrected chi connectivity index (χ2v) is 4.39. The number of carbonyl (C=O) groups is 1. The molecule has 0 aliphatic heterocycles. The molecule has 1 atom stereocenters. The molecule has 0 spiro atoms. The Balaban J connectivity index is 2.16. The van der Waals surface area contributed by atoms with Gasteiger partial charge in [-0.3, -0.25) is 4.79 Å². The van der Waals surface area contributed by atoms with E-state index in [9.17, 15) is 4.79 Å². The molecule has 92 valence electrons. The van der Waals surface area contributed by atoms with Crippen molar-refractivity contribution in [1.29, 1.82) is 5.26 Å². The van der Waals surface area contributed by atoms with Gasteiger partial charge in [-0.15, -0.1) is 0 Å². The first kappa shape index (κ1) is 12.2. The van der Waals surface area contributed by atoms with Crippen molar-refractivity contribution >= 4 is 16.9 Å². The van der Waals surface area contributed by atoms with E-state index in [1.807, 2.05) is 25.1 Å². The predicted octanol–water partition coefficient (Wildman–Crippen LogP) is 2.63. The van der Waals surface area contributed by atoms with Crippen LogP contribution in [0.4, 0.5) is 0 Å². The van der Waals surface area contributed by atoms with Crippen molar-refractivity contribution in [2.45, 2.75) is 13.8 Å². The van der Waals surface area contributed by atoms with E-state index in [4.69, 9.17) is 9.68 Å². The highest BCUT2D eigenvalue weighted by atomic mass is 16.3. The lowest BCUT2D eigenvalue weighted by Crippen LogP contribution is -2.27. The molecule has 1 aromatic heterocycles. The van der Waals surface area contributed by atoms with E-state index in [2.05, 4.69) is 11.4 Å². The number of amides is 1. The van der Waals surface area contributed by atoms with Gasteiger partial charge in [0.2, 0.25) is 0 Å². The van der Waals surface area contributed by atoms with Crippen LogP contribution in [0.25, 0.3) is 11.0 Å². The molecule has 0 aliphatic carbocycles. The SMILES string of the molecule is Cc1ccc2oc(C(=O)NCC(C)C#N)cc2c1. The van der Waals surface area contributed by atoms with Gasteiger partial charge < -0.3 is 9.73 Å². The molecule has 2 aromatic rings. The average molecular weight is 242 g/mol. The molecule has 4 nitrogen and oxygen atoms in total. The third-order valence-electron chi connectivity index (χ3n) is 2.68. The third kappa shape index (κ3) is 2.51. The van der Waals surface area contributed by atoms with Crippen LogP contribution in [0.2, 0.25) is 0 Å². The first-order valence-electron chi connectivity index (χ1n) is 5.78. The van der Waals surface area contributed by atoms with Crippen LogP contribution in [0.15, 0.2) is 28.7 Å². The van der Waals surface area contributed by atoms with Gasteiger partial charge in [-0.1, -0.05) is 11.6 Å². The van der Waals surface area contributed by atoms with Gasteiger partial charge in [0, 0.05) is 11.9 Å². The summed E-state index contributed by atoms with van der Waals surface area (Å²) < 4.78 is 5.46. The van der Waals surface area contributed by atoms with Crippen LogP contribution in [0.5, 0.6) is 0 Å².